The van der Waals surface area contributed by atoms with Crippen LogP contribution in [-0.2, 0) is 11.0 Å². The summed E-state index contributed by atoms with van der Waals surface area (Å²) < 4.78 is 59.5. The Balaban J connectivity index is 2.30. The molecule has 3 aromatic rings. The average Bonchev–Trinajstić information content (AvgIpc) is 3.02. The average molecular weight is 465 g/mol. The molecule has 1 unspecified atom stereocenters. The molecule has 0 fully saturated rings. The smallest absolute Gasteiger partial charge is 0.416 e. The van der Waals surface area contributed by atoms with E-state index in [0.29, 0.717) is 17.4 Å². The molecule has 1 N–H and O–H groups in total. The molecule has 33 heavy (non-hydrogen) atoms. The molecule has 1 aromatic heterocycles. The number of hydrogen-bond donors (Lipinski definition) is 1. The highest BCUT2D eigenvalue weighted by molar-refractivity contribution is 6.05. The fourth-order valence-corrected chi connectivity index (χ4v) is 4.07. The van der Waals surface area contributed by atoms with E-state index in [9.17, 15) is 32.3 Å². The second-order valence-electron chi connectivity index (χ2n) is 7.92. The first-order valence-corrected chi connectivity index (χ1v) is 10.3. The molecule has 2 aromatic carbocycles. The van der Waals surface area contributed by atoms with Gasteiger partial charge in [-0.15, -0.1) is 0 Å². The van der Waals surface area contributed by atoms with Crippen LogP contribution < -0.4 is 4.74 Å². The summed E-state index contributed by atoms with van der Waals surface area (Å²) in [7, 11) is 1.27. The van der Waals surface area contributed by atoms with Gasteiger partial charge in [-0.3, -0.25) is 14.2 Å². The Labute approximate surface area is 187 Å². The van der Waals surface area contributed by atoms with Gasteiger partial charge in [0.2, 0.25) is 0 Å². The van der Waals surface area contributed by atoms with E-state index in [1.165, 1.54) is 13.2 Å². The first kappa shape index (κ1) is 24.3. The summed E-state index contributed by atoms with van der Waals surface area (Å²) in [4.78, 5) is 25.5. The Hall–Kier alpha value is -3.36. The molecule has 0 radical (unpaired) electrons. The summed E-state index contributed by atoms with van der Waals surface area (Å²) in [5, 5.41) is 10.3. The highest BCUT2D eigenvalue weighted by Crippen LogP contribution is 2.40. The summed E-state index contributed by atoms with van der Waals surface area (Å²) >= 11 is 0. The van der Waals surface area contributed by atoms with Crippen LogP contribution in [0.1, 0.15) is 53.4 Å². The molecule has 176 valence electrons. The van der Waals surface area contributed by atoms with Gasteiger partial charge in [0.05, 0.1) is 24.1 Å². The predicted octanol–water partition coefficient (Wildman–Crippen LogP) is 6.02. The first-order valence-electron chi connectivity index (χ1n) is 10.3. The van der Waals surface area contributed by atoms with Gasteiger partial charge in [-0.05, 0) is 48.7 Å². The van der Waals surface area contributed by atoms with Crippen molar-refractivity contribution in [3.63, 3.8) is 0 Å². The Kier molecular flexibility index (Phi) is 6.53. The monoisotopic (exact) mass is 465 g/mol. The van der Waals surface area contributed by atoms with Crippen LogP contribution in [0.3, 0.4) is 0 Å². The number of nitrogens with zero attached hydrogens (tertiary/aromatic N) is 1. The summed E-state index contributed by atoms with van der Waals surface area (Å²) in [6.07, 6.45) is -4.02. The molecule has 0 spiro atoms. The zero-order chi connectivity index (χ0) is 24.7. The number of benzene rings is 2. The number of carboxylic acids is 1. The van der Waals surface area contributed by atoms with Gasteiger partial charge in [0.1, 0.15) is 0 Å². The van der Waals surface area contributed by atoms with Crippen molar-refractivity contribution in [2.24, 2.45) is 5.92 Å². The quantitative estimate of drug-likeness (QED) is 0.452. The third-order valence-electron chi connectivity index (χ3n) is 5.98. The topological polar surface area (TPSA) is 68.5 Å². The Morgan fingerprint density at radius 3 is 2.24 bits per heavy atom. The maximum absolute atomic E-state index is 14.6. The van der Waals surface area contributed by atoms with E-state index in [-0.39, 0.29) is 28.4 Å². The Morgan fingerprint density at radius 2 is 1.76 bits per heavy atom. The number of carbonyl (C=O) groups is 2. The third kappa shape index (κ3) is 4.31. The van der Waals surface area contributed by atoms with Crippen LogP contribution in [0.15, 0.2) is 36.4 Å². The lowest BCUT2D eigenvalue weighted by Gasteiger charge is -2.20. The molecule has 0 saturated heterocycles. The highest BCUT2D eigenvalue weighted by Gasteiger charge is 2.34. The van der Waals surface area contributed by atoms with E-state index in [1.807, 2.05) is 6.92 Å². The molecule has 0 bridgehead atoms. The van der Waals surface area contributed by atoms with Gasteiger partial charge in [0, 0.05) is 22.7 Å². The lowest BCUT2D eigenvalue weighted by atomic mass is 9.84. The molecule has 0 aliphatic rings. The molecule has 1 heterocycles. The summed E-state index contributed by atoms with van der Waals surface area (Å²) in [5.41, 5.74) is -0.241. The number of aromatic nitrogens is 1. The standard InChI is InChI=1S/C24H23F4NO4/c1-5-12(2)20(23(31)32)21-13(3)29(18-11-17(25)19(33-4)10-16(18)21)22(30)14-6-8-15(9-7-14)24(26,27)28/h6-12,20H,5H2,1-4H3,(H,31,32)/t12-,20?/m1/s1. The minimum Gasteiger partial charge on any atom is -0.494 e. The molecular formula is C24H23F4NO4. The number of ether oxygens (including phenoxy) is 1. The fourth-order valence-electron chi connectivity index (χ4n) is 4.07. The van der Waals surface area contributed by atoms with Crippen molar-refractivity contribution in [2.45, 2.75) is 39.3 Å². The van der Waals surface area contributed by atoms with Crippen LogP contribution >= 0.6 is 0 Å². The van der Waals surface area contributed by atoms with Gasteiger partial charge in [0.25, 0.3) is 5.91 Å². The van der Waals surface area contributed by atoms with Crippen LogP contribution in [0.4, 0.5) is 17.6 Å². The van der Waals surface area contributed by atoms with Crippen molar-refractivity contribution in [3.8, 4) is 5.75 Å². The lowest BCUT2D eigenvalue weighted by molar-refractivity contribution is -0.140. The van der Waals surface area contributed by atoms with Crippen molar-refractivity contribution in [1.29, 1.82) is 0 Å². The maximum Gasteiger partial charge on any atom is 0.416 e. The van der Waals surface area contributed by atoms with Gasteiger partial charge < -0.3 is 9.84 Å². The van der Waals surface area contributed by atoms with Gasteiger partial charge in [-0.1, -0.05) is 20.3 Å². The summed E-state index contributed by atoms with van der Waals surface area (Å²) in [6.45, 7) is 5.14. The van der Waals surface area contributed by atoms with Gasteiger partial charge in [-0.25, -0.2) is 4.39 Å². The van der Waals surface area contributed by atoms with Crippen LogP contribution in [0.5, 0.6) is 5.75 Å². The van der Waals surface area contributed by atoms with Gasteiger partial charge in [0.15, 0.2) is 11.6 Å². The number of methoxy groups -OCH3 is 1. The van der Waals surface area contributed by atoms with E-state index in [4.69, 9.17) is 4.74 Å². The van der Waals surface area contributed by atoms with E-state index < -0.39 is 35.4 Å². The van der Waals surface area contributed by atoms with Crippen molar-refractivity contribution in [3.05, 3.63) is 64.6 Å². The summed E-state index contributed by atoms with van der Waals surface area (Å²) in [6, 6.07) is 6.08. The normalized spacial score (nSPS) is 13.7. The third-order valence-corrected chi connectivity index (χ3v) is 5.98. The van der Waals surface area contributed by atoms with Crippen LogP contribution in [-0.4, -0.2) is 28.7 Å². The predicted molar refractivity (Wildman–Crippen MR) is 114 cm³/mol. The first-order chi connectivity index (χ1) is 15.4. The van der Waals surface area contributed by atoms with Crippen molar-refractivity contribution in [2.75, 3.05) is 7.11 Å². The molecule has 2 atom stereocenters. The number of aliphatic carboxylic acids is 1. The molecular weight excluding hydrogens is 442 g/mol. The minimum absolute atomic E-state index is 0.0545. The number of carboxylic acid groups (broad SMARTS) is 1. The second kappa shape index (κ2) is 8.88. The molecule has 0 aliphatic heterocycles. The zero-order valence-electron chi connectivity index (χ0n) is 18.5. The largest absolute Gasteiger partial charge is 0.494 e. The molecule has 5 nitrogen and oxygen atoms in total. The van der Waals surface area contributed by atoms with Crippen LogP contribution in [0.25, 0.3) is 10.9 Å². The number of rotatable bonds is 6. The van der Waals surface area contributed by atoms with E-state index in [0.717, 1.165) is 34.9 Å². The second-order valence-corrected chi connectivity index (χ2v) is 7.92. The maximum atomic E-state index is 14.6. The minimum atomic E-state index is -4.56. The molecule has 0 amide bonds. The number of carbonyl (C=O) groups excluding carboxylic acids is 1. The van der Waals surface area contributed by atoms with E-state index >= 15 is 0 Å². The lowest BCUT2D eigenvalue weighted by Crippen LogP contribution is -2.21. The Morgan fingerprint density at radius 1 is 1.15 bits per heavy atom. The van der Waals surface area contributed by atoms with Gasteiger partial charge >= 0.3 is 12.1 Å². The highest BCUT2D eigenvalue weighted by atomic mass is 19.4. The number of alkyl halides is 3. The van der Waals surface area contributed by atoms with E-state index in [1.54, 1.807) is 13.8 Å². The van der Waals surface area contributed by atoms with Crippen molar-refractivity contribution < 1.29 is 37.0 Å². The van der Waals surface area contributed by atoms with Crippen LogP contribution in [0, 0.1) is 18.7 Å². The molecule has 9 heteroatoms. The summed E-state index contributed by atoms with van der Waals surface area (Å²) in [5.74, 6) is -3.97. The molecule has 0 saturated carbocycles. The van der Waals surface area contributed by atoms with Gasteiger partial charge in [-0.2, -0.15) is 13.2 Å². The Bertz CT molecular complexity index is 1210. The van der Waals surface area contributed by atoms with Crippen LogP contribution in [0.2, 0.25) is 0 Å². The molecule has 0 aliphatic carbocycles. The SMILES string of the molecule is CC[C@@H](C)C(C(=O)O)c1c(C)n(C(=O)c2ccc(C(F)(F)F)cc2)c2cc(F)c(OC)cc12. The fraction of sp³-hybridized carbons (Fsp3) is 0.333. The zero-order valence-corrected chi connectivity index (χ0v) is 18.5. The number of fused-ring (bicyclic) bond motifs is 1. The van der Waals surface area contributed by atoms with Crippen molar-refractivity contribution >= 4 is 22.8 Å². The van der Waals surface area contributed by atoms with E-state index in [2.05, 4.69) is 0 Å². The number of hydrogen-bond acceptors (Lipinski definition) is 3. The van der Waals surface area contributed by atoms with Crippen molar-refractivity contribution in [1.82, 2.24) is 4.57 Å². The molecule has 3 rings (SSSR count). The number of halogens is 4.